The zero-order chi connectivity index (χ0) is 24.9. The minimum Gasteiger partial charge on any atom is -0.481 e. The fraction of sp³-hybridized carbons (Fsp3) is 0.409. The van der Waals surface area contributed by atoms with Gasteiger partial charge >= 0.3 is 5.97 Å². The number of amides is 1. The Morgan fingerprint density at radius 3 is 2.83 bits per heavy atom. The lowest BCUT2D eigenvalue weighted by atomic mass is 10.0. The van der Waals surface area contributed by atoms with Gasteiger partial charge in [0, 0.05) is 46.9 Å². The Hall–Kier alpha value is -2.51. The van der Waals surface area contributed by atoms with Crippen LogP contribution in [-0.4, -0.2) is 81.5 Å². The van der Waals surface area contributed by atoms with Crippen molar-refractivity contribution in [3.05, 3.63) is 44.9 Å². The second kappa shape index (κ2) is 9.17. The molecule has 5 rings (SSSR count). The molecule has 2 unspecified atom stereocenters. The molecule has 1 fully saturated rings. The number of halogens is 1. The molecule has 10 nitrogen and oxygen atoms in total. The number of carbonyl (C=O) groups excluding carboxylic acids is 1. The first kappa shape index (κ1) is 24.2. The number of sulfonamides is 1. The summed E-state index contributed by atoms with van der Waals surface area (Å²) in [6, 6.07) is 5.64. The summed E-state index contributed by atoms with van der Waals surface area (Å²) in [6.45, 7) is -0.0979. The van der Waals surface area contributed by atoms with Crippen LogP contribution in [0, 0.1) is 0 Å². The van der Waals surface area contributed by atoms with Gasteiger partial charge in [-0.3, -0.25) is 9.59 Å². The summed E-state index contributed by atoms with van der Waals surface area (Å²) in [4.78, 5) is 34.5. The molecule has 2 aliphatic rings. The number of aliphatic hydroxyl groups is 1. The minimum absolute atomic E-state index is 0.0180. The van der Waals surface area contributed by atoms with Crippen molar-refractivity contribution in [2.75, 3.05) is 19.6 Å². The molecule has 2 atom stereocenters. The molecule has 1 amide bonds. The highest BCUT2D eigenvalue weighted by Gasteiger charge is 2.39. The smallest absolute Gasteiger partial charge is 0.305 e. The van der Waals surface area contributed by atoms with E-state index < -0.39 is 40.5 Å². The Balaban J connectivity index is 1.39. The number of H-pyrrole nitrogens is 1. The number of aliphatic hydroxyl groups excluding tert-OH is 1. The number of nitrogens with one attached hydrogen (secondary N) is 1. The molecule has 1 aromatic carbocycles. The van der Waals surface area contributed by atoms with Gasteiger partial charge in [-0.2, -0.15) is 4.31 Å². The lowest BCUT2D eigenvalue weighted by Crippen LogP contribution is -2.57. The molecule has 0 saturated carbocycles. The number of carboxylic acid groups (broad SMARTS) is 1. The van der Waals surface area contributed by atoms with Crippen molar-refractivity contribution in [2.45, 2.75) is 42.9 Å². The first-order chi connectivity index (χ1) is 16.6. The Bertz CT molecular complexity index is 1420. The van der Waals surface area contributed by atoms with Gasteiger partial charge in [-0.15, -0.1) is 11.3 Å². The van der Waals surface area contributed by atoms with E-state index in [-0.39, 0.29) is 29.7 Å². The Kier molecular flexibility index (Phi) is 6.34. The summed E-state index contributed by atoms with van der Waals surface area (Å²) in [7, 11) is -3.96. The van der Waals surface area contributed by atoms with Crippen molar-refractivity contribution in [1.82, 2.24) is 19.2 Å². The number of aliphatic carboxylic acids is 1. The largest absolute Gasteiger partial charge is 0.481 e. The van der Waals surface area contributed by atoms with Crippen LogP contribution in [0.15, 0.2) is 29.3 Å². The number of hydrogen-bond acceptors (Lipinski definition) is 7. The normalized spacial score (nSPS) is 21.3. The van der Waals surface area contributed by atoms with E-state index in [0.29, 0.717) is 35.2 Å². The van der Waals surface area contributed by atoms with E-state index in [2.05, 4.69) is 9.97 Å². The molecular formula is C22H23ClN4O6S2. The van der Waals surface area contributed by atoms with Crippen LogP contribution < -0.4 is 0 Å². The standard InChI is InChI=1S/C22H23ClN4O6S2/c23-13-1-3-16-12(7-13)8-19(24-16)35(32,33)26-5-6-27(14(11-26)9-20(29)30)22(31)21-25-17-4-2-15(28)10-18(17)34-21/h1,3,7-8,14-15,24,28H,2,4-6,9-11H2,(H,29,30). The van der Waals surface area contributed by atoms with Crippen LogP contribution in [0.5, 0.6) is 0 Å². The van der Waals surface area contributed by atoms with Gasteiger partial charge in [0.2, 0.25) is 0 Å². The average molecular weight is 539 g/mol. The summed E-state index contributed by atoms with van der Waals surface area (Å²) in [5.41, 5.74) is 1.40. The maximum atomic E-state index is 13.4. The van der Waals surface area contributed by atoms with Crippen LogP contribution in [0.3, 0.4) is 0 Å². The molecule has 35 heavy (non-hydrogen) atoms. The third kappa shape index (κ3) is 4.68. The fourth-order valence-electron chi connectivity index (χ4n) is 4.62. The van der Waals surface area contributed by atoms with Crippen molar-refractivity contribution in [2.24, 2.45) is 0 Å². The highest BCUT2D eigenvalue weighted by atomic mass is 35.5. The van der Waals surface area contributed by atoms with E-state index in [4.69, 9.17) is 11.6 Å². The molecule has 2 aromatic heterocycles. The zero-order valence-corrected chi connectivity index (χ0v) is 20.9. The second-order valence-electron chi connectivity index (χ2n) is 8.76. The molecule has 13 heteroatoms. The Morgan fingerprint density at radius 2 is 2.06 bits per heavy atom. The van der Waals surface area contributed by atoms with Crippen molar-refractivity contribution in [1.29, 1.82) is 0 Å². The summed E-state index contributed by atoms with van der Waals surface area (Å²) < 4.78 is 27.9. The van der Waals surface area contributed by atoms with Crippen molar-refractivity contribution < 1.29 is 28.2 Å². The van der Waals surface area contributed by atoms with Crippen LogP contribution in [0.2, 0.25) is 5.02 Å². The summed E-state index contributed by atoms with van der Waals surface area (Å²) >= 11 is 7.22. The predicted molar refractivity (Wildman–Crippen MR) is 129 cm³/mol. The minimum atomic E-state index is -3.96. The van der Waals surface area contributed by atoms with Crippen LogP contribution in [0.1, 0.15) is 33.2 Å². The zero-order valence-electron chi connectivity index (χ0n) is 18.5. The van der Waals surface area contributed by atoms with Crippen LogP contribution >= 0.6 is 22.9 Å². The Morgan fingerprint density at radius 1 is 1.26 bits per heavy atom. The van der Waals surface area contributed by atoms with Crippen molar-refractivity contribution in [3.63, 3.8) is 0 Å². The maximum Gasteiger partial charge on any atom is 0.305 e. The van der Waals surface area contributed by atoms with Gasteiger partial charge in [-0.25, -0.2) is 13.4 Å². The van der Waals surface area contributed by atoms with Crippen molar-refractivity contribution in [3.8, 4) is 0 Å². The van der Waals surface area contributed by atoms with Gasteiger partial charge in [-0.1, -0.05) is 11.6 Å². The predicted octanol–water partition coefficient (Wildman–Crippen LogP) is 2.12. The molecule has 1 saturated heterocycles. The number of hydrogen-bond donors (Lipinski definition) is 3. The molecule has 1 aliphatic carbocycles. The van der Waals surface area contributed by atoms with Gasteiger partial charge in [0.15, 0.2) is 5.01 Å². The van der Waals surface area contributed by atoms with E-state index in [9.17, 15) is 28.2 Å². The van der Waals surface area contributed by atoms with E-state index in [1.165, 1.54) is 26.6 Å². The highest BCUT2D eigenvalue weighted by Crippen LogP contribution is 2.30. The number of thiazole rings is 1. The van der Waals surface area contributed by atoms with Crippen LogP contribution in [0.4, 0.5) is 0 Å². The molecular weight excluding hydrogens is 516 g/mol. The van der Waals surface area contributed by atoms with E-state index in [1.54, 1.807) is 18.2 Å². The van der Waals surface area contributed by atoms with Gasteiger partial charge in [0.05, 0.1) is 24.3 Å². The first-order valence-corrected chi connectivity index (χ1v) is 13.7. The SMILES string of the molecule is O=C(O)CC1CN(S(=O)(=O)c2cc3cc(Cl)ccc3[nH]2)CCN1C(=O)c1nc2c(s1)CC(O)CC2. The van der Waals surface area contributed by atoms with E-state index in [1.807, 2.05) is 0 Å². The third-order valence-corrected chi connectivity index (χ3v) is 9.52. The molecule has 3 aromatic rings. The molecule has 3 heterocycles. The number of aryl methyl sites for hydroxylation is 1. The quantitative estimate of drug-likeness (QED) is 0.451. The number of aromatic amines is 1. The van der Waals surface area contributed by atoms with E-state index >= 15 is 0 Å². The summed E-state index contributed by atoms with van der Waals surface area (Å²) in [5.74, 6) is -1.55. The molecule has 0 spiro atoms. The fourth-order valence-corrected chi connectivity index (χ4v) is 7.41. The topological polar surface area (TPSA) is 144 Å². The van der Waals surface area contributed by atoms with Gasteiger partial charge in [0.25, 0.3) is 15.9 Å². The highest BCUT2D eigenvalue weighted by molar-refractivity contribution is 7.89. The summed E-state index contributed by atoms with van der Waals surface area (Å²) in [5, 5.41) is 20.7. The number of rotatable bonds is 5. The monoisotopic (exact) mass is 538 g/mol. The van der Waals surface area contributed by atoms with Gasteiger partial charge in [0.1, 0.15) is 5.03 Å². The lowest BCUT2D eigenvalue weighted by molar-refractivity contribution is -0.138. The number of nitrogens with zero attached hydrogens (tertiary/aromatic N) is 3. The first-order valence-electron chi connectivity index (χ1n) is 11.1. The number of carbonyl (C=O) groups is 2. The molecule has 186 valence electrons. The summed E-state index contributed by atoms with van der Waals surface area (Å²) in [6.07, 6.45) is 0.758. The lowest BCUT2D eigenvalue weighted by Gasteiger charge is -2.39. The van der Waals surface area contributed by atoms with Gasteiger partial charge in [-0.05, 0) is 37.1 Å². The molecule has 3 N–H and O–H groups in total. The van der Waals surface area contributed by atoms with Crippen LogP contribution in [-0.2, 0) is 27.7 Å². The molecule has 1 aliphatic heterocycles. The Labute approximate surface area is 210 Å². The number of aromatic nitrogens is 2. The third-order valence-electron chi connectivity index (χ3n) is 6.39. The number of carboxylic acids is 1. The number of benzene rings is 1. The molecule has 0 bridgehead atoms. The molecule has 0 radical (unpaired) electrons. The maximum absolute atomic E-state index is 13.4. The van der Waals surface area contributed by atoms with Gasteiger partial charge < -0.3 is 20.1 Å². The van der Waals surface area contributed by atoms with Crippen LogP contribution in [0.25, 0.3) is 10.9 Å². The average Bonchev–Trinajstić information content (AvgIpc) is 3.42. The number of fused-ring (bicyclic) bond motifs is 2. The van der Waals surface area contributed by atoms with E-state index in [0.717, 1.165) is 10.6 Å². The number of piperazine rings is 1. The van der Waals surface area contributed by atoms with Crippen molar-refractivity contribution >= 4 is 55.7 Å². The second-order valence-corrected chi connectivity index (χ2v) is 12.2.